The molecule has 0 aromatic heterocycles. The maximum Gasteiger partial charge on any atom is 0.0701 e. The number of ether oxygens (including phenoxy) is 3. The summed E-state index contributed by atoms with van der Waals surface area (Å²) in [6.45, 7) is 16.4. The van der Waals surface area contributed by atoms with Gasteiger partial charge in [0.15, 0.2) is 0 Å². The first-order valence-corrected chi connectivity index (χ1v) is 8.44. The molecule has 4 heteroatoms. The highest BCUT2D eigenvalue weighted by atomic mass is 16.5. The van der Waals surface area contributed by atoms with Gasteiger partial charge in [-0.25, -0.2) is 0 Å². The van der Waals surface area contributed by atoms with Gasteiger partial charge in [-0.15, -0.1) is 0 Å². The SMILES string of the molecule is CCCCOCCOCCOCCC(C)(C)CNC(C)C. The van der Waals surface area contributed by atoms with Crippen LogP contribution in [0.25, 0.3) is 0 Å². The Morgan fingerprint density at radius 3 is 1.90 bits per heavy atom. The van der Waals surface area contributed by atoms with Crippen LogP contribution < -0.4 is 5.32 Å². The van der Waals surface area contributed by atoms with Gasteiger partial charge >= 0.3 is 0 Å². The van der Waals surface area contributed by atoms with Gasteiger partial charge in [0.1, 0.15) is 0 Å². The van der Waals surface area contributed by atoms with Crippen molar-refractivity contribution >= 4 is 0 Å². The van der Waals surface area contributed by atoms with E-state index in [1.54, 1.807) is 0 Å². The quantitative estimate of drug-likeness (QED) is 0.471. The van der Waals surface area contributed by atoms with Gasteiger partial charge in [0.05, 0.1) is 26.4 Å². The first-order valence-electron chi connectivity index (χ1n) is 8.44. The molecule has 1 N–H and O–H groups in total. The lowest BCUT2D eigenvalue weighted by Crippen LogP contribution is -2.34. The van der Waals surface area contributed by atoms with Gasteiger partial charge in [0, 0.05) is 25.8 Å². The molecule has 0 saturated carbocycles. The Hall–Kier alpha value is -0.160. The van der Waals surface area contributed by atoms with Gasteiger partial charge in [-0.2, -0.15) is 0 Å². The fourth-order valence-corrected chi connectivity index (χ4v) is 1.71. The lowest BCUT2D eigenvalue weighted by Gasteiger charge is -2.26. The van der Waals surface area contributed by atoms with Gasteiger partial charge in [-0.05, 0) is 18.3 Å². The third-order valence-electron chi connectivity index (χ3n) is 3.30. The van der Waals surface area contributed by atoms with Crippen LogP contribution in [-0.4, -0.2) is 52.2 Å². The molecule has 0 bridgehead atoms. The molecule has 128 valence electrons. The number of unbranched alkanes of at least 4 members (excludes halogenated alkanes) is 1. The monoisotopic (exact) mass is 303 g/mol. The summed E-state index contributed by atoms with van der Waals surface area (Å²) in [5.74, 6) is 0. The summed E-state index contributed by atoms with van der Waals surface area (Å²) in [6, 6.07) is 0.540. The summed E-state index contributed by atoms with van der Waals surface area (Å²) >= 11 is 0. The maximum absolute atomic E-state index is 5.63. The van der Waals surface area contributed by atoms with Crippen molar-refractivity contribution in [2.24, 2.45) is 5.41 Å². The molecule has 0 unspecified atom stereocenters. The van der Waals surface area contributed by atoms with Crippen LogP contribution >= 0.6 is 0 Å². The van der Waals surface area contributed by atoms with E-state index in [0.29, 0.717) is 32.5 Å². The van der Waals surface area contributed by atoms with E-state index in [0.717, 1.165) is 32.6 Å². The number of hydrogen-bond acceptors (Lipinski definition) is 4. The topological polar surface area (TPSA) is 39.7 Å². The fourth-order valence-electron chi connectivity index (χ4n) is 1.71. The molecule has 0 amide bonds. The molecule has 0 rings (SSSR count). The Morgan fingerprint density at radius 1 is 0.857 bits per heavy atom. The summed E-state index contributed by atoms with van der Waals surface area (Å²) in [5.41, 5.74) is 0.276. The molecule has 0 aromatic carbocycles. The summed E-state index contributed by atoms with van der Waals surface area (Å²) in [5, 5.41) is 3.48. The van der Waals surface area contributed by atoms with E-state index in [2.05, 4.69) is 39.9 Å². The van der Waals surface area contributed by atoms with E-state index in [-0.39, 0.29) is 5.41 Å². The molecule has 0 aromatic rings. The minimum Gasteiger partial charge on any atom is -0.379 e. The molecule has 0 radical (unpaired) electrons. The van der Waals surface area contributed by atoms with Crippen LogP contribution in [0.5, 0.6) is 0 Å². The highest BCUT2D eigenvalue weighted by Gasteiger charge is 2.17. The Labute approximate surface area is 131 Å². The molecule has 0 heterocycles. The van der Waals surface area contributed by atoms with Crippen molar-refractivity contribution in [2.75, 3.05) is 46.2 Å². The van der Waals surface area contributed by atoms with Crippen molar-refractivity contribution in [3.8, 4) is 0 Å². The summed E-state index contributed by atoms with van der Waals surface area (Å²) in [7, 11) is 0. The normalized spacial score (nSPS) is 12.3. The summed E-state index contributed by atoms with van der Waals surface area (Å²) in [4.78, 5) is 0. The lowest BCUT2D eigenvalue weighted by molar-refractivity contribution is 0.00929. The molecule has 0 spiro atoms. The number of hydrogen-bond donors (Lipinski definition) is 1. The van der Waals surface area contributed by atoms with E-state index in [9.17, 15) is 0 Å². The van der Waals surface area contributed by atoms with Crippen LogP contribution in [0.4, 0.5) is 0 Å². The molecular weight excluding hydrogens is 266 g/mol. The standard InChI is InChI=1S/C17H37NO3/c1-6-7-9-19-11-13-21-14-12-20-10-8-17(4,5)15-18-16(2)3/h16,18H,6-15H2,1-5H3. The van der Waals surface area contributed by atoms with Crippen molar-refractivity contribution in [1.82, 2.24) is 5.32 Å². The second-order valence-electron chi connectivity index (χ2n) is 6.64. The fraction of sp³-hybridized carbons (Fsp3) is 1.00. The molecular formula is C17H37NO3. The van der Waals surface area contributed by atoms with Crippen molar-refractivity contribution in [1.29, 1.82) is 0 Å². The molecule has 4 nitrogen and oxygen atoms in total. The van der Waals surface area contributed by atoms with E-state index >= 15 is 0 Å². The van der Waals surface area contributed by atoms with Crippen molar-refractivity contribution in [3.63, 3.8) is 0 Å². The number of nitrogens with one attached hydrogen (secondary N) is 1. The van der Waals surface area contributed by atoms with Crippen molar-refractivity contribution in [2.45, 2.75) is 59.9 Å². The van der Waals surface area contributed by atoms with Gasteiger partial charge in [-0.3, -0.25) is 0 Å². The zero-order chi connectivity index (χ0) is 16.0. The van der Waals surface area contributed by atoms with Crippen LogP contribution in [0.3, 0.4) is 0 Å². The van der Waals surface area contributed by atoms with E-state index < -0.39 is 0 Å². The molecule has 0 atom stereocenters. The molecule has 0 fully saturated rings. The molecule has 0 aliphatic carbocycles. The average Bonchev–Trinajstić information content (AvgIpc) is 2.43. The lowest BCUT2D eigenvalue weighted by atomic mass is 9.89. The van der Waals surface area contributed by atoms with Crippen LogP contribution in [-0.2, 0) is 14.2 Å². The largest absolute Gasteiger partial charge is 0.379 e. The summed E-state index contributed by atoms with van der Waals surface area (Å²) in [6.07, 6.45) is 3.37. The van der Waals surface area contributed by atoms with Crippen molar-refractivity contribution in [3.05, 3.63) is 0 Å². The van der Waals surface area contributed by atoms with Crippen LogP contribution in [0, 0.1) is 5.41 Å². The third kappa shape index (κ3) is 16.0. The van der Waals surface area contributed by atoms with Crippen molar-refractivity contribution < 1.29 is 14.2 Å². The predicted octanol–water partition coefficient (Wildman–Crippen LogP) is 3.25. The minimum atomic E-state index is 0.276. The predicted molar refractivity (Wildman–Crippen MR) is 88.9 cm³/mol. The molecule has 0 saturated heterocycles. The van der Waals surface area contributed by atoms with Crippen LogP contribution in [0.15, 0.2) is 0 Å². The van der Waals surface area contributed by atoms with E-state index in [4.69, 9.17) is 14.2 Å². The Bertz CT molecular complexity index is 220. The molecule has 0 aliphatic rings. The van der Waals surface area contributed by atoms with E-state index in [1.807, 2.05) is 0 Å². The van der Waals surface area contributed by atoms with Crippen LogP contribution in [0.1, 0.15) is 53.9 Å². The molecule has 21 heavy (non-hydrogen) atoms. The highest BCUT2D eigenvalue weighted by molar-refractivity contribution is 4.72. The Kier molecular flexibility index (Phi) is 13.4. The zero-order valence-corrected chi connectivity index (χ0v) is 14.9. The first kappa shape index (κ1) is 20.8. The second-order valence-corrected chi connectivity index (χ2v) is 6.64. The third-order valence-corrected chi connectivity index (χ3v) is 3.30. The van der Waals surface area contributed by atoms with Gasteiger partial charge in [-0.1, -0.05) is 41.0 Å². The average molecular weight is 303 g/mol. The smallest absolute Gasteiger partial charge is 0.0701 e. The Balaban J connectivity index is 3.27. The van der Waals surface area contributed by atoms with Gasteiger partial charge in [0.2, 0.25) is 0 Å². The first-order chi connectivity index (χ1) is 9.98. The minimum absolute atomic E-state index is 0.276. The maximum atomic E-state index is 5.63. The van der Waals surface area contributed by atoms with E-state index in [1.165, 1.54) is 6.42 Å². The summed E-state index contributed by atoms with van der Waals surface area (Å²) < 4.78 is 16.5. The van der Waals surface area contributed by atoms with Crippen LogP contribution in [0.2, 0.25) is 0 Å². The molecule has 0 aliphatic heterocycles. The Morgan fingerprint density at radius 2 is 1.38 bits per heavy atom. The second kappa shape index (κ2) is 13.5. The number of rotatable bonds is 15. The highest BCUT2D eigenvalue weighted by Crippen LogP contribution is 2.18. The van der Waals surface area contributed by atoms with Gasteiger partial charge < -0.3 is 19.5 Å². The zero-order valence-electron chi connectivity index (χ0n) is 14.9. The van der Waals surface area contributed by atoms with Gasteiger partial charge in [0.25, 0.3) is 0 Å².